The first kappa shape index (κ1) is 23.6. The molecule has 0 radical (unpaired) electrons. The summed E-state index contributed by atoms with van der Waals surface area (Å²) in [6.07, 6.45) is 5.41. The molecule has 10 heteroatoms. The van der Waals surface area contributed by atoms with Crippen LogP contribution in [0.15, 0.2) is 41.6 Å². The average molecular weight is 493 g/mol. The van der Waals surface area contributed by atoms with E-state index < -0.39 is 9.84 Å². The van der Waals surface area contributed by atoms with Gasteiger partial charge in [-0.05, 0) is 43.0 Å². The van der Waals surface area contributed by atoms with Crippen LogP contribution >= 0.6 is 11.6 Å². The molecule has 1 aromatic carbocycles. The number of piperidine rings is 1. The second kappa shape index (κ2) is 9.77. The van der Waals surface area contributed by atoms with Crippen molar-refractivity contribution in [3.05, 3.63) is 52.2 Å². The minimum absolute atomic E-state index is 0.0250. The predicted octanol–water partition coefficient (Wildman–Crippen LogP) is 2.34. The van der Waals surface area contributed by atoms with Gasteiger partial charge >= 0.3 is 0 Å². The van der Waals surface area contributed by atoms with Gasteiger partial charge < -0.3 is 19.6 Å². The molecule has 4 rings (SSSR count). The Morgan fingerprint density at radius 3 is 2.52 bits per heavy atom. The Hall–Kier alpha value is -2.52. The molecule has 3 aliphatic rings. The predicted molar refractivity (Wildman–Crippen MR) is 127 cm³/mol. The number of hydrogen-bond acceptors (Lipinski definition) is 6. The van der Waals surface area contributed by atoms with Crippen LogP contribution in [-0.4, -0.2) is 85.1 Å². The van der Waals surface area contributed by atoms with Gasteiger partial charge in [-0.3, -0.25) is 9.59 Å². The van der Waals surface area contributed by atoms with Crippen molar-refractivity contribution < 1.29 is 18.0 Å². The number of fused-ring (bicyclic) bond motifs is 1. The lowest BCUT2D eigenvalue weighted by Gasteiger charge is -2.36. The smallest absolute Gasteiger partial charge is 0.273 e. The molecule has 0 bridgehead atoms. The molecule has 0 spiro atoms. The molecule has 33 heavy (non-hydrogen) atoms. The minimum Gasteiger partial charge on any atom is -0.361 e. The summed E-state index contributed by atoms with van der Waals surface area (Å²) >= 11 is 5.83. The molecule has 0 aromatic heterocycles. The fourth-order valence-corrected chi connectivity index (χ4v) is 5.67. The second-order valence-electron chi connectivity index (χ2n) is 8.81. The number of rotatable bonds is 7. The molecule has 0 atom stereocenters. The van der Waals surface area contributed by atoms with Crippen molar-refractivity contribution in [3.63, 3.8) is 0 Å². The minimum atomic E-state index is -3.40. The summed E-state index contributed by atoms with van der Waals surface area (Å²) < 4.78 is 24.5. The maximum atomic E-state index is 12.7. The van der Waals surface area contributed by atoms with Crippen LogP contribution in [0.4, 0.5) is 0 Å². The van der Waals surface area contributed by atoms with Crippen LogP contribution in [0.1, 0.15) is 31.2 Å². The number of halogens is 1. The Labute approximate surface area is 200 Å². The first-order valence-electron chi connectivity index (χ1n) is 11.1. The van der Waals surface area contributed by atoms with Crippen molar-refractivity contribution in [1.29, 1.82) is 0 Å². The summed E-state index contributed by atoms with van der Waals surface area (Å²) in [6.45, 7) is 2.52. The van der Waals surface area contributed by atoms with Crippen molar-refractivity contribution in [2.45, 2.75) is 31.7 Å². The molecule has 3 heterocycles. The Bertz CT molecular complexity index is 1060. The third kappa shape index (κ3) is 5.70. The highest BCUT2D eigenvalue weighted by Crippen LogP contribution is 2.29. The average Bonchev–Trinajstić information content (AvgIpc) is 3.30. The lowest BCUT2D eigenvalue weighted by atomic mass is 10.0. The van der Waals surface area contributed by atoms with E-state index in [1.165, 1.54) is 11.5 Å². The van der Waals surface area contributed by atoms with Crippen LogP contribution in [0.2, 0.25) is 5.02 Å². The van der Waals surface area contributed by atoms with Gasteiger partial charge in [-0.25, -0.2) is 8.42 Å². The van der Waals surface area contributed by atoms with Crippen LogP contribution in [-0.2, 0) is 19.4 Å². The van der Waals surface area contributed by atoms with Gasteiger partial charge in [0.25, 0.3) is 5.91 Å². The number of sulfone groups is 1. The highest BCUT2D eigenvalue weighted by molar-refractivity contribution is 7.94. The van der Waals surface area contributed by atoms with E-state index in [2.05, 4.69) is 4.90 Å². The highest BCUT2D eigenvalue weighted by atomic mass is 35.5. The first-order chi connectivity index (χ1) is 15.7. The molecule has 0 aliphatic carbocycles. The van der Waals surface area contributed by atoms with E-state index in [0.717, 1.165) is 30.8 Å². The normalized spacial score (nSPS) is 19.6. The zero-order chi connectivity index (χ0) is 23.6. The van der Waals surface area contributed by atoms with Crippen molar-refractivity contribution in [2.75, 3.05) is 39.2 Å². The number of carbonyl (C=O) groups excluding carboxylic acids is 2. The van der Waals surface area contributed by atoms with Crippen molar-refractivity contribution in [3.8, 4) is 0 Å². The summed E-state index contributed by atoms with van der Waals surface area (Å²) in [5.41, 5.74) is 1.50. The molecule has 0 N–H and O–H groups in total. The number of nitrogens with zero attached hydrogens (tertiary/aromatic N) is 4. The fraction of sp³-hybridized carbons (Fsp3) is 0.478. The molecule has 178 valence electrons. The number of hydrogen-bond donors (Lipinski definition) is 0. The molecule has 2 saturated heterocycles. The molecular formula is C23H29ClN4O4S. The lowest BCUT2D eigenvalue weighted by molar-refractivity contribution is -0.134. The van der Waals surface area contributed by atoms with Crippen LogP contribution in [0, 0.1) is 0 Å². The molecule has 0 saturated carbocycles. The van der Waals surface area contributed by atoms with Gasteiger partial charge in [0.1, 0.15) is 5.70 Å². The molecule has 8 nitrogen and oxygen atoms in total. The maximum Gasteiger partial charge on any atom is 0.273 e. The van der Waals surface area contributed by atoms with E-state index in [1.807, 2.05) is 23.0 Å². The van der Waals surface area contributed by atoms with E-state index in [4.69, 9.17) is 11.6 Å². The molecule has 3 aliphatic heterocycles. The third-order valence-electron chi connectivity index (χ3n) is 6.30. The summed E-state index contributed by atoms with van der Waals surface area (Å²) in [5.74, 6) is -0.0231. The van der Waals surface area contributed by atoms with Crippen LogP contribution in [0.5, 0.6) is 0 Å². The lowest BCUT2D eigenvalue weighted by Crippen LogP contribution is -2.48. The van der Waals surface area contributed by atoms with Gasteiger partial charge in [0.15, 0.2) is 9.84 Å². The van der Waals surface area contributed by atoms with Crippen molar-refractivity contribution in [1.82, 2.24) is 19.6 Å². The Kier molecular flexibility index (Phi) is 6.99. The first-order valence-corrected chi connectivity index (χ1v) is 13.2. The quantitative estimate of drug-likeness (QED) is 0.581. The second-order valence-corrected chi connectivity index (χ2v) is 11.2. The zero-order valence-electron chi connectivity index (χ0n) is 18.7. The molecule has 1 aromatic rings. The van der Waals surface area contributed by atoms with E-state index in [1.54, 1.807) is 29.2 Å². The van der Waals surface area contributed by atoms with E-state index >= 15 is 0 Å². The van der Waals surface area contributed by atoms with Gasteiger partial charge in [0.05, 0.1) is 19.1 Å². The van der Waals surface area contributed by atoms with Gasteiger partial charge in [-0.2, -0.15) is 0 Å². The topological polar surface area (TPSA) is 81.2 Å². The molecule has 2 amide bonds. The number of amides is 2. The summed E-state index contributed by atoms with van der Waals surface area (Å²) in [5, 5.41) is 1.79. The molecular weight excluding hydrogens is 464 g/mol. The molecule has 0 unspecified atom stereocenters. The number of likely N-dealkylation sites (tertiary alicyclic amines) is 1. The van der Waals surface area contributed by atoms with Gasteiger partial charge in [-0.15, -0.1) is 0 Å². The molecule has 2 fully saturated rings. The Morgan fingerprint density at radius 1 is 1.15 bits per heavy atom. The van der Waals surface area contributed by atoms with Crippen LogP contribution < -0.4 is 0 Å². The van der Waals surface area contributed by atoms with E-state index in [-0.39, 0.29) is 36.5 Å². The zero-order valence-corrected chi connectivity index (χ0v) is 20.3. The van der Waals surface area contributed by atoms with Gasteiger partial charge in [0, 0.05) is 49.2 Å². The monoisotopic (exact) mass is 492 g/mol. The van der Waals surface area contributed by atoms with E-state index in [0.29, 0.717) is 24.8 Å². The van der Waals surface area contributed by atoms with Crippen molar-refractivity contribution >= 4 is 39.3 Å². The highest BCUT2D eigenvalue weighted by Gasteiger charge is 2.40. The van der Waals surface area contributed by atoms with Crippen LogP contribution in [0.25, 0.3) is 6.08 Å². The van der Waals surface area contributed by atoms with E-state index in [9.17, 15) is 18.0 Å². The SMILES string of the molecule is CN1C=C2C(=O)N(C3CCN(C(=O)CCCS(=O)(=O)C=Cc4ccc(Cl)cc4)CC3)CN2C1. The van der Waals surface area contributed by atoms with Gasteiger partial charge in [-0.1, -0.05) is 23.7 Å². The van der Waals surface area contributed by atoms with Crippen LogP contribution in [0.3, 0.4) is 0 Å². The van der Waals surface area contributed by atoms with Gasteiger partial charge in [0.2, 0.25) is 5.91 Å². The summed E-state index contributed by atoms with van der Waals surface area (Å²) in [7, 11) is -1.44. The van der Waals surface area contributed by atoms with Crippen molar-refractivity contribution in [2.24, 2.45) is 0 Å². The largest absolute Gasteiger partial charge is 0.361 e. The number of carbonyl (C=O) groups is 2. The standard InChI is InChI=1S/C23H29ClN4O4S/c1-25-15-21-23(30)28(17-27(21)16-25)20-8-11-26(12-9-20)22(29)3-2-13-33(31,32)14-10-18-4-6-19(24)7-5-18/h4-7,10,14-15,20H,2-3,8-9,11-13,16-17H2,1H3. The number of benzene rings is 1. The summed E-state index contributed by atoms with van der Waals surface area (Å²) in [4.78, 5) is 33.0. The third-order valence-corrected chi connectivity index (χ3v) is 7.96. The Morgan fingerprint density at radius 2 is 1.85 bits per heavy atom. The fourth-order valence-electron chi connectivity index (χ4n) is 4.50. The Balaban J connectivity index is 1.20. The maximum absolute atomic E-state index is 12.7. The summed E-state index contributed by atoms with van der Waals surface area (Å²) in [6, 6.07) is 7.03.